The minimum atomic E-state index is -3.69. The molecule has 0 fully saturated rings. The topological polar surface area (TPSA) is 91.8 Å². The number of halogens is 1. The first-order chi connectivity index (χ1) is 15.4. The van der Waals surface area contributed by atoms with E-state index in [4.69, 9.17) is 28.6 Å². The number of hydrogen-bond acceptors (Lipinski definition) is 5. The summed E-state index contributed by atoms with van der Waals surface area (Å²) in [6, 6.07) is 20.3. The molecular weight excluding hydrogens is 468 g/mol. The number of nitrogens with one attached hydrogen (secondary N) is 3. The van der Waals surface area contributed by atoms with E-state index in [9.17, 15) is 8.42 Å². The van der Waals surface area contributed by atoms with Gasteiger partial charge in [0.05, 0.1) is 12.0 Å². The number of ether oxygens (including phenoxy) is 1. The monoisotopic (exact) mass is 488 g/mol. The van der Waals surface area contributed by atoms with Crippen LogP contribution in [-0.4, -0.2) is 26.9 Å². The van der Waals surface area contributed by atoms with Crippen LogP contribution in [0.25, 0.3) is 0 Å². The summed E-state index contributed by atoms with van der Waals surface area (Å²) in [6.45, 7) is 0. The Morgan fingerprint density at radius 3 is 2.25 bits per heavy atom. The number of nitrogens with zero attached hydrogens (tertiary/aromatic N) is 1. The molecule has 3 aromatic carbocycles. The maximum atomic E-state index is 12.6. The number of methoxy groups -OCH3 is 1. The minimum Gasteiger partial charge on any atom is -0.497 e. The van der Waals surface area contributed by atoms with Crippen molar-refractivity contribution in [2.24, 2.45) is 5.10 Å². The second-order valence-corrected chi connectivity index (χ2v) is 9.09. The number of hydrazone groups is 1. The third kappa shape index (κ3) is 6.94. The summed E-state index contributed by atoms with van der Waals surface area (Å²) in [5, 5.41) is 8.04. The van der Waals surface area contributed by atoms with Crippen molar-refractivity contribution in [2.45, 2.75) is 11.3 Å². The highest BCUT2D eigenvalue weighted by atomic mass is 35.5. The van der Waals surface area contributed by atoms with Crippen molar-refractivity contribution >= 4 is 56.5 Å². The Morgan fingerprint density at radius 1 is 1.00 bits per heavy atom. The number of benzene rings is 3. The Balaban J connectivity index is 1.51. The first-order valence-electron chi connectivity index (χ1n) is 9.45. The quantitative estimate of drug-likeness (QED) is 0.242. The van der Waals surface area contributed by atoms with Gasteiger partial charge >= 0.3 is 0 Å². The number of rotatable bonds is 8. The van der Waals surface area contributed by atoms with Crippen LogP contribution in [0.4, 0.5) is 11.4 Å². The number of thiocarbonyl (C=S) groups is 1. The van der Waals surface area contributed by atoms with Gasteiger partial charge in [-0.05, 0) is 78.4 Å². The molecule has 0 unspecified atom stereocenters. The first-order valence-corrected chi connectivity index (χ1v) is 11.7. The highest BCUT2D eigenvalue weighted by molar-refractivity contribution is 7.92. The van der Waals surface area contributed by atoms with E-state index in [1.165, 1.54) is 0 Å². The van der Waals surface area contributed by atoms with E-state index in [0.29, 0.717) is 28.0 Å². The normalized spacial score (nSPS) is 11.2. The van der Waals surface area contributed by atoms with Crippen molar-refractivity contribution in [2.75, 3.05) is 17.1 Å². The molecule has 3 rings (SSSR count). The van der Waals surface area contributed by atoms with E-state index in [-0.39, 0.29) is 4.90 Å². The van der Waals surface area contributed by atoms with Gasteiger partial charge in [0.15, 0.2) is 5.11 Å². The molecule has 0 aromatic heterocycles. The van der Waals surface area contributed by atoms with Gasteiger partial charge in [-0.2, -0.15) is 5.10 Å². The van der Waals surface area contributed by atoms with Crippen molar-refractivity contribution in [1.29, 1.82) is 0 Å². The zero-order valence-corrected chi connectivity index (χ0v) is 19.5. The van der Waals surface area contributed by atoms with Crippen molar-refractivity contribution < 1.29 is 13.2 Å². The summed E-state index contributed by atoms with van der Waals surface area (Å²) in [4.78, 5) is 0.167. The van der Waals surface area contributed by atoms with Crippen LogP contribution in [0.1, 0.15) is 5.56 Å². The molecule has 0 saturated heterocycles. The predicted octanol–water partition coefficient (Wildman–Crippen LogP) is 4.66. The SMILES string of the molecule is COc1ccc(NS(=O)(=O)c2ccc(CC=NNC(=S)Nc3ccc(Cl)cc3)cc2)cc1. The summed E-state index contributed by atoms with van der Waals surface area (Å²) in [7, 11) is -2.14. The van der Waals surface area contributed by atoms with Gasteiger partial charge in [-0.1, -0.05) is 23.7 Å². The van der Waals surface area contributed by atoms with Gasteiger partial charge in [0.1, 0.15) is 5.75 Å². The fourth-order valence-corrected chi connectivity index (χ4v) is 3.98. The zero-order chi connectivity index (χ0) is 23.0. The van der Waals surface area contributed by atoms with Crippen LogP contribution in [0.5, 0.6) is 5.75 Å². The smallest absolute Gasteiger partial charge is 0.261 e. The van der Waals surface area contributed by atoms with Crippen molar-refractivity contribution in [3.8, 4) is 5.75 Å². The zero-order valence-electron chi connectivity index (χ0n) is 17.1. The Labute approximate surface area is 197 Å². The van der Waals surface area contributed by atoms with Gasteiger partial charge in [-0.15, -0.1) is 0 Å². The molecule has 166 valence electrons. The molecule has 0 saturated carbocycles. The molecule has 0 aliphatic heterocycles. The Hall–Kier alpha value is -3.14. The van der Waals surface area contributed by atoms with Crippen molar-refractivity contribution in [3.05, 3.63) is 83.4 Å². The number of hydrogen-bond donors (Lipinski definition) is 3. The van der Waals surface area contributed by atoms with Gasteiger partial charge < -0.3 is 10.1 Å². The fourth-order valence-electron chi connectivity index (χ4n) is 2.63. The first kappa shape index (κ1) is 23.5. The summed E-state index contributed by atoms with van der Waals surface area (Å²) in [5.74, 6) is 0.648. The lowest BCUT2D eigenvalue weighted by Crippen LogP contribution is -2.23. The third-order valence-electron chi connectivity index (χ3n) is 4.26. The predicted molar refractivity (Wildman–Crippen MR) is 133 cm³/mol. The molecule has 3 aromatic rings. The third-order valence-corrected chi connectivity index (χ3v) is 6.10. The van der Waals surface area contributed by atoms with Gasteiger partial charge in [0.2, 0.25) is 0 Å². The van der Waals surface area contributed by atoms with Gasteiger partial charge in [0.25, 0.3) is 10.0 Å². The molecule has 0 spiro atoms. The van der Waals surface area contributed by atoms with Crippen LogP contribution in [0, 0.1) is 0 Å². The standard InChI is InChI=1S/C22H21ClN4O3S2/c1-30-20-10-8-19(9-11-20)27-32(28,29)21-12-2-16(3-13-21)14-15-24-26-22(31)25-18-6-4-17(23)5-7-18/h2-13,15,27H,14H2,1H3,(H2,25,26,31). The molecule has 7 nitrogen and oxygen atoms in total. The Kier molecular flexibility index (Phi) is 8.04. The second-order valence-electron chi connectivity index (χ2n) is 6.57. The molecule has 0 radical (unpaired) electrons. The van der Waals surface area contributed by atoms with E-state index < -0.39 is 10.0 Å². The van der Waals surface area contributed by atoms with E-state index in [1.807, 2.05) is 0 Å². The van der Waals surface area contributed by atoms with E-state index in [1.54, 1.807) is 86.1 Å². The van der Waals surface area contributed by atoms with Gasteiger partial charge in [-0.25, -0.2) is 8.42 Å². The maximum Gasteiger partial charge on any atom is 0.261 e. The molecule has 32 heavy (non-hydrogen) atoms. The summed E-state index contributed by atoms with van der Waals surface area (Å²) < 4.78 is 32.7. The molecule has 0 aliphatic rings. The average Bonchev–Trinajstić information content (AvgIpc) is 2.79. The van der Waals surface area contributed by atoms with Gasteiger partial charge in [0, 0.05) is 29.0 Å². The molecule has 0 aliphatic carbocycles. The average molecular weight is 489 g/mol. The van der Waals surface area contributed by atoms with Crippen molar-refractivity contribution in [1.82, 2.24) is 5.43 Å². The van der Waals surface area contributed by atoms with Crippen LogP contribution in [-0.2, 0) is 16.4 Å². The van der Waals surface area contributed by atoms with Gasteiger partial charge in [-0.3, -0.25) is 10.1 Å². The van der Waals surface area contributed by atoms with E-state index in [0.717, 1.165) is 11.3 Å². The van der Waals surface area contributed by atoms with Crippen LogP contribution in [0.2, 0.25) is 5.02 Å². The lowest BCUT2D eigenvalue weighted by molar-refractivity contribution is 0.415. The second kappa shape index (κ2) is 10.9. The van der Waals surface area contributed by atoms with E-state index in [2.05, 4.69) is 20.6 Å². The van der Waals surface area contributed by atoms with Crippen LogP contribution in [0.15, 0.2) is 82.8 Å². The molecule has 0 bridgehead atoms. The molecule has 10 heteroatoms. The number of anilines is 2. The molecule has 0 amide bonds. The van der Waals surface area contributed by atoms with Crippen LogP contribution in [0.3, 0.4) is 0 Å². The number of sulfonamides is 1. The summed E-state index contributed by atoms with van der Waals surface area (Å²) >= 11 is 11.0. The molecule has 3 N–H and O–H groups in total. The van der Waals surface area contributed by atoms with Crippen LogP contribution < -0.4 is 20.2 Å². The summed E-state index contributed by atoms with van der Waals surface area (Å²) in [5.41, 5.74) is 4.88. The highest BCUT2D eigenvalue weighted by Crippen LogP contribution is 2.19. The fraction of sp³-hybridized carbons (Fsp3) is 0.0909. The largest absolute Gasteiger partial charge is 0.497 e. The Morgan fingerprint density at radius 2 is 1.62 bits per heavy atom. The Bertz CT molecular complexity index is 1180. The lowest BCUT2D eigenvalue weighted by atomic mass is 10.2. The van der Waals surface area contributed by atoms with E-state index >= 15 is 0 Å². The van der Waals surface area contributed by atoms with Crippen LogP contribution >= 0.6 is 23.8 Å². The molecular formula is C22H21ClN4O3S2. The minimum absolute atomic E-state index is 0.167. The molecule has 0 heterocycles. The lowest BCUT2D eigenvalue weighted by Gasteiger charge is -2.09. The highest BCUT2D eigenvalue weighted by Gasteiger charge is 2.14. The maximum absolute atomic E-state index is 12.6. The summed E-state index contributed by atoms with van der Waals surface area (Å²) in [6.07, 6.45) is 2.15. The molecule has 0 atom stereocenters. The van der Waals surface area contributed by atoms with Crippen molar-refractivity contribution in [3.63, 3.8) is 0 Å².